The number of carboxylic acids is 1. The molecule has 0 atom stereocenters. The molecule has 0 radical (unpaired) electrons. The fourth-order valence-corrected chi connectivity index (χ4v) is 2.38. The molecule has 1 aromatic carbocycles. The largest absolute Gasteiger partial charge is 0.481 e. The summed E-state index contributed by atoms with van der Waals surface area (Å²) in [7, 11) is 1.84. The molecular formula is C14H14ClNO3. The molecule has 0 fully saturated rings. The Morgan fingerprint density at radius 1 is 1.42 bits per heavy atom. The van der Waals surface area contributed by atoms with Gasteiger partial charge in [0.25, 0.3) is 0 Å². The fraction of sp³-hybridized carbons (Fsp3) is 0.286. The number of nitrogens with zero attached hydrogens (tertiary/aromatic N) is 1. The van der Waals surface area contributed by atoms with Crippen molar-refractivity contribution in [2.45, 2.75) is 19.8 Å². The maximum Gasteiger partial charge on any atom is 0.303 e. The van der Waals surface area contributed by atoms with Crippen LogP contribution in [0.15, 0.2) is 23.0 Å². The summed E-state index contributed by atoms with van der Waals surface area (Å²) in [5.74, 6) is -0.905. The Labute approximate surface area is 115 Å². The smallest absolute Gasteiger partial charge is 0.303 e. The highest BCUT2D eigenvalue weighted by Crippen LogP contribution is 2.19. The van der Waals surface area contributed by atoms with Crippen molar-refractivity contribution in [1.29, 1.82) is 0 Å². The van der Waals surface area contributed by atoms with Crippen LogP contribution in [-0.2, 0) is 18.3 Å². The number of aryl methyl sites for hydroxylation is 1. The average molecular weight is 280 g/mol. The van der Waals surface area contributed by atoms with E-state index in [9.17, 15) is 9.59 Å². The Bertz CT molecular complexity index is 719. The van der Waals surface area contributed by atoms with Crippen LogP contribution in [0.25, 0.3) is 10.9 Å². The highest BCUT2D eigenvalue weighted by atomic mass is 35.5. The number of halogens is 1. The summed E-state index contributed by atoms with van der Waals surface area (Å²) in [6.07, 6.45) is 0.196. The van der Waals surface area contributed by atoms with Crippen LogP contribution >= 0.6 is 11.6 Å². The van der Waals surface area contributed by atoms with Crippen LogP contribution in [0, 0.1) is 6.92 Å². The number of benzene rings is 1. The molecule has 5 heteroatoms. The van der Waals surface area contributed by atoms with E-state index in [-0.39, 0.29) is 18.3 Å². The van der Waals surface area contributed by atoms with Crippen LogP contribution < -0.4 is 5.43 Å². The minimum absolute atomic E-state index is 0.0465. The Morgan fingerprint density at radius 2 is 2.11 bits per heavy atom. The second-order valence-electron chi connectivity index (χ2n) is 4.51. The van der Waals surface area contributed by atoms with Gasteiger partial charge < -0.3 is 9.67 Å². The van der Waals surface area contributed by atoms with E-state index >= 15 is 0 Å². The second-order valence-corrected chi connectivity index (χ2v) is 4.94. The molecule has 0 unspecified atom stereocenters. The van der Waals surface area contributed by atoms with E-state index in [0.29, 0.717) is 16.0 Å². The van der Waals surface area contributed by atoms with Crippen molar-refractivity contribution in [3.05, 3.63) is 44.7 Å². The van der Waals surface area contributed by atoms with Crippen LogP contribution in [0.2, 0.25) is 5.02 Å². The number of aromatic nitrogens is 1. The number of pyridine rings is 1. The molecule has 0 saturated heterocycles. The molecule has 100 valence electrons. The second kappa shape index (κ2) is 5.05. The number of fused-ring (bicyclic) bond motifs is 1. The molecule has 1 N–H and O–H groups in total. The van der Waals surface area contributed by atoms with Crippen molar-refractivity contribution < 1.29 is 9.90 Å². The zero-order chi connectivity index (χ0) is 14.2. The van der Waals surface area contributed by atoms with Gasteiger partial charge in [0, 0.05) is 35.1 Å². The van der Waals surface area contributed by atoms with Gasteiger partial charge in [-0.3, -0.25) is 9.59 Å². The van der Waals surface area contributed by atoms with Gasteiger partial charge in [-0.25, -0.2) is 0 Å². The number of hydrogen-bond donors (Lipinski definition) is 1. The molecule has 1 aromatic heterocycles. The first-order valence-corrected chi connectivity index (χ1v) is 6.29. The maximum atomic E-state index is 12.4. The Balaban J connectivity index is 2.70. The molecule has 0 aliphatic rings. The van der Waals surface area contributed by atoms with E-state index in [2.05, 4.69) is 0 Å². The fourth-order valence-electron chi connectivity index (χ4n) is 2.21. The summed E-state index contributed by atoms with van der Waals surface area (Å²) in [6.45, 7) is 1.82. The van der Waals surface area contributed by atoms with Crippen LogP contribution in [0.5, 0.6) is 0 Å². The third-order valence-corrected chi connectivity index (χ3v) is 3.60. The minimum Gasteiger partial charge on any atom is -0.481 e. The topological polar surface area (TPSA) is 59.3 Å². The van der Waals surface area contributed by atoms with Crippen molar-refractivity contribution in [3.63, 3.8) is 0 Å². The van der Waals surface area contributed by atoms with Gasteiger partial charge >= 0.3 is 5.97 Å². The lowest BCUT2D eigenvalue weighted by atomic mass is 10.0. The standard InChI is InChI=1S/C14H14ClNO3/c1-8-10(5-6-13(17)18)14(19)11-4-3-9(15)7-12(11)16(8)2/h3-4,7H,5-6H2,1-2H3,(H,17,18). The zero-order valence-electron chi connectivity index (χ0n) is 10.7. The summed E-state index contributed by atoms with van der Waals surface area (Å²) in [6, 6.07) is 5.09. The van der Waals surface area contributed by atoms with Gasteiger partial charge in [-0.05, 0) is 31.5 Å². The normalized spacial score (nSPS) is 10.9. The van der Waals surface area contributed by atoms with Gasteiger partial charge in [-0.2, -0.15) is 0 Å². The average Bonchev–Trinajstić information content (AvgIpc) is 2.35. The SMILES string of the molecule is Cc1c(CCC(=O)O)c(=O)c2ccc(Cl)cc2n1C. The van der Waals surface area contributed by atoms with E-state index in [1.165, 1.54) is 0 Å². The molecular weight excluding hydrogens is 266 g/mol. The third-order valence-electron chi connectivity index (χ3n) is 3.37. The van der Waals surface area contributed by atoms with Crippen LogP contribution in [0.1, 0.15) is 17.7 Å². The number of carboxylic acid groups (broad SMARTS) is 1. The quantitative estimate of drug-likeness (QED) is 0.939. The minimum atomic E-state index is -0.905. The van der Waals surface area contributed by atoms with Crippen molar-refractivity contribution in [1.82, 2.24) is 4.57 Å². The summed E-state index contributed by atoms with van der Waals surface area (Å²) in [5.41, 5.74) is 1.98. The summed E-state index contributed by atoms with van der Waals surface area (Å²) in [4.78, 5) is 23.0. The molecule has 0 amide bonds. The van der Waals surface area contributed by atoms with Gasteiger partial charge in [-0.15, -0.1) is 0 Å². The highest BCUT2D eigenvalue weighted by Gasteiger charge is 2.13. The Morgan fingerprint density at radius 3 is 2.74 bits per heavy atom. The van der Waals surface area contributed by atoms with Crippen LogP contribution in [-0.4, -0.2) is 15.6 Å². The van der Waals surface area contributed by atoms with E-state index < -0.39 is 5.97 Å². The lowest BCUT2D eigenvalue weighted by Crippen LogP contribution is -2.18. The van der Waals surface area contributed by atoms with Crippen LogP contribution in [0.4, 0.5) is 0 Å². The predicted octanol–water partition coefficient (Wildman–Crippen LogP) is 2.52. The Kier molecular flexibility index (Phi) is 3.62. The summed E-state index contributed by atoms with van der Waals surface area (Å²) < 4.78 is 1.87. The number of rotatable bonds is 3. The molecule has 19 heavy (non-hydrogen) atoms. The van der Waals surface area contributed by atoms with E-state index in [1.807, 2.05) is 18.5 Å². The molecule has 0 aliphatic heterocycles. The highest BCUT2D eigenvalue weighted by molar-refractivity contribution is 6.31. The molecule has 2 rings (SSSR count). The molecule has 2 aromatic rings. The molecule has 0 bridgehead atoms. The first kappa shape index (κ1) is 13.6. The number of aliphatic carboxylic acids is 1. The third kappa shape index (κ3) is 2.49. The predicted molar refractivity (Wildman–Crippen MR) is 74.9 cm³/mol. The van der Waals surface area contributed by atoms with E-state index in [4.69, 9.17) is 16.7 Å². The summed E-state index contributed by atoms with van der Waals surface area (Å²) in [5, 5.41) is 9.89. The van der Waals surface area contributed by atoms with E-state index in [1.54, 1.807) is 18.2 Å². The first-order valence-electron chi connectivity index (χ1n) is 5.91. The van der Waals surface area contributed by atoms with Crippen molar-refractivity contribution in [2.24, 2.45) is 7.05 Å². The number of carbonyl (C=O) groups is 1. The first-order chi connectivity index (χ1) is 8.91. The number of hydrogen-bond acceptors (Lipinski definition) is 2. The van der Waals surface area contributed by atoms with Gasteiger partial charge in [0.2, 0.25) is 0 Å². The zero-order valence-corrected chi connectivity index (χ0v) is 11.5. The van der Waals surface area contributed by atoms with Gasteiger partial charge in [0.15, 0.2) is 5.43 Å². The van der Waals surface area contributed by atoms with Crippen molar-refractivity contribution in [3.8, 4) is 0 Å². The maximum absolute atomic E-state index is 12.4. The molecule has 0 spiro atoms. The molecule has 0 saturated carbocycles. The molecule has 4 nitrogen and oxygen atoms in total. The van der Waals surface area contributed by atoms with E-state index in [0.717, 1.165) is 11.2 Å². The van der Waals surface area contributed by atoms with Gasteiger partial charge in [0.1, 0.15) is 0 Å². The Hall–Kier alpha value is -1.81. The lowest BCUT2D eigenvalue weighted by Gasteiger charge is -2.14. The van der Waals surface area contributed by atoms with Crippen LogP contribution in [0.3, 0.4) is 0 Å². The van der Waals surface area contributed by atoms with Crippen molar-refractivity contribution >= 4 is 28.5 Å². The molecule has 0 aliphatic carbocycles. The summed E-state index contributed by atoms with van der Waals surface area (Å²) >= 11 is 5.94. The lowest BCUT2D eigenvalue weighted by molar-refractivity contribution is -0.136. The van der Waals surface area contributed by atoms with Gasteiger partial charge in [-0.1, -0.05) is 11.6 Å². The monoisotopic (exact) mass is 279 g/mol. The van der Waals surface area contributed by atoms with Crippen molar-refractivity contribution in [2.75, 3.05) is 0 Å². The van der Waals surface area contributed by atoms with Gasteiger partial charge in [0.05, 0.1) is 5.52 Å². The molecule has 1 heterocycles.